The molecule has 0 heterocycles. The van der Waals surface area contributed by atoms with Gasteiger partial charge in [-0.1, -0.05) is 28.1 Å². The highest BCUT2D eigenvalue weighted by Gasteiger charge is 2.41. The quantitative estimate of drug-likeness (QED) is 0.415. The molecule has 0 aromatic carbocycles. The second-order valence-electron chi connectivity index (χ2n) is 2.69. The summed E-state index contributed by atoms with van der Waals surface area (Å²) in [5, 5.41) is 0. The number of rotatable bonds is 0. The van der Waals surface area contributed by atoms with Crippen LogP contribution in [0, 0.1) is 11.8 Å². The Labute approximate surface area is 62.3 Å². The van der Waals surface area contributed by atoms with Crippen molar-refractivity contribution < 1.29 is 4.79 Å². The van der Waals surface area contributed by atoms with Gasteiger partial charge in [0, 0.05) is 17.2 Å². The lowest BCUT2D eigenvalue weighted by Crippen LogP contribution is -2.08. The van der Waals surface area contributed by atoms with Gasteiger partial charge in [-0.15, -0.1) is 0 Å². The number of ketones is 1. The molecular formula is C7H7BrO. The number of hydrogen-bond donors (Lipinski definition) is 0. The average molecular weight is 187 g/mol. The molecule has 0 spiro atoms. The zero-order chi connectivity index (χ0) is 6.43. The first kappa shape index (κ1) is 5.66. The maximum atomic E-state index is 11.0. The van der Waals surface area contributed by atoms with Gasteiger partial charge in [0.15, 0.2) is 0 Å². The number of fused-ring (bicyclic) bond motifs is 2. The van der Waals surface area contributed by atoms with E-state index in [9.17, 15) is 4.79 Å². The first-order valence-corrected chi connectivity index (χ1v) is 4.06. The molecule has 1 nitrogen and oxygen atoms in total. The van der Waals surface area contributed by atoms with Gasteiger partial charge in [-0.3, -0.25) is 4.79 Å². The van der Waals surface area contributed by atoms with Crippen LogP contribution in [0.4, 0.5) is 0 Å². The number of carbonyl (C=O) groups is 1. The smallest absolute Gasteiger partial charge is 0.141 e. The van der Waals surface area contributed by atoms with Crippen LogP contribution in [0.3, 0.4) is 0 Å². The van der Waals surface area contributed by atoms with E-state index in [4.69, 9.17) is 0 Å². The molecule has 3 unspecified atom stereocenters. The average Bonchev–Trinajstić information content (AvgIpc) is 2.25. The molecule has 48 valence electrons. The fourth-order valence-corrected chi connectivity index (χ4v) is 2.41. The van der Waals surface area contributed by atoms with Gasteiger partial charge in [0.05, 0.1) is 0 Å². The van der Waals surface area contributed by atoms with Crippen LogP contribution in [-0.4, -0.2) is 10.6 Å². The van der Waals surface area contributed by atoms with E-state index in [-0.39, 0.29) is 5.92 Å². The highest BCUT2D eigenvalue weighted by molar-refractivity contribution is 9.09. The third kappa shape index (κ3) is 0.627. The number of carbonyl (C=O) groups excluding carboxylic acids is 1. The van der Waals surface area contributed by atoms with Gasteiger partial charge in [0.25, 0.3) is 0 Å². The minimum absolute atomic E-state index is 0.204. The summed E-state index contributed by atoms with van der Waals surface area (Å²) < 4.78 is 0. The molecule has 0 aliphatic heterocycles. The van der Waals surface area contributed by atoms with E-state index in [1.165, 1.54) is 0 Å². The summed E-state index contributed by atoms with van der Waals surface area (Å²) in [6.07, 6.45) is 4.93. The Morgan fingerprint density at radius 2 is 2.33 bits per heavy atom. The summed E-state index contributed by atoms with van der Waals surface area (Å²) in [6, 6.07) is 0. The predicted octanol–water partition coefficient (Wildman–Crippen LogP) is 1.52. The fraction of sp³-hybridized carbons (Fsp3) is 0.571. The molecule has 2 heteroatoms. The molecule has 0 radical (unpaired) electrons. The Morgan fingerprint density at radius 3 is 2.56 bits per heavy atom. The van der Waals surface area contributed by atoms with Crippen LogP contribution >= 0.6 is 15.9 Å². The Morgan fingerprint density at radius 1 is 1.56 bits per heavy atom. The lowest BCUT2D eigenvalue weighted by molar-refractivity contribution is -0.119. The minimum atomic E-state index is 0.204. The highest BCUT2D eigenvalue weighted by atomic mass is 79.9. The van der Waals surface area contributed by atoms with Crippen molar-refractivity contribution >= 4 is 21.7 Å². The van der Waals surface area contributed by atoms with Crippen molar-refractivity contribution in [1.29, 1.82) is 0 Å². The van der Waals surface area contributed by atoms with E-state index < -0.39 is 0 Å². The predicted molar refractivity (Wildman–Crippen MR) is 38.5 cm³/mol. The van der Waals surface area contributed by atoms with Crippen molar-refractivity contribution in [2.75, 3.05) is 0 Å². The monoisotopic (exact) mass is 186 g/mol. The molecule has 0 amide bonds. The van der Waals surface area contributed by atoms with Crippen LogP contribution in [0.5, 0.6) is 0 Å². The van der Waals surface area contributed by atoms with Crippen molar-refractivity contribution in [2.45, 2.75) is 11.2 Å². The van der Waals surface area contributed by atoms with E-state index in [1.54, 1.807) is 0 Å². The molecule has 2 aliphatic rings. The van der Waals surface area contributed by atoms with Crippen LogP contribution in [0.15, 0.2) is 12.2 Å². The summed E-state index contributed by atoms with van der Waals surface area (Å²) in [4.78, 5) is 11.4. The third-order valence-electron chi connectivity index (χ3n) is 2.13. The van der Waals surface area contributed by atoms with Crippen molar-refractivity contribution in [3.8, 4) is 0 Å². The van der Waals surface area contributed by atoms with E-state index in [0.29, 0.717) is 16.5 Å². The van der Waals surface area contributed by atoms with Crippen LogP contribution in [0.2, 0.25) is 0 Å². The summed E-state index contributed by atoms with van der Waals surface area (Å²) in [5.74, 6) is 1.11. The Bertz CT molecular complexity index is 185. The van der Waals surface area contributed by atoms with Gasteiger partial charge in [-0.2, -0.15) is 0 Å². The second kappa shape index (κ2) is 1.69. The summed E-state index contributed by atoms with van der Waals surface area (Å²) >= 11 is 3.49. The lowest BCUT2D eigenvalue weighted by atomic mass is 10.1. The topological polar surface area (TPSA) is 17.1 Å². The van der Waals surface area contributed by atoms with Crippen LogP contribution in [-0.2, 0) is 4.79 Å². The molecular weight excluding hydrogens is 180 g/mol. The molecule has 3 atom stereocenters. The van der Waals surface area contributed by atoms with Crippen LogP contribution in [0.1, 0.15) is 6.42 Å². The number of hydrogen-bond acceptors (Lipinski definition) is 1. The first-order valence-electron chi connectivity index (χ1n) is 3.14. The van der Waals surface area contributed by atoms with Crippen LogP contribution < -0.4 is 0 Å². The van der Waals surface area contributed by atoms with E-state index >= 15 is 0 Å². The minimum Gasteiger partial charge on any atom is -0.299 e. The highest BCUT2D eigenvalue weighted by Crippen LogP contribution is 2.41. The Balaban J connectivity index is 2.35. The van der Waals surface area contributed by atoms with Crippen LogP contribution in [0.25, 0.3) is 0 Å². The van der Waals surface area contributed by atoms with Crippen molar-refractivity contribution in [3.05, 3.63) is 12.2 Å². The molecule has 1 fully saturated rings. The summed E-state index contributed by atoms with van der Waals surface area (Å²) in [7, 11) is 0. The van der Waals surface area contributed by atoms with Gasteiger partial charge < -0.3 is 0 Å². The second-order valence-corrected chi connectivity index (χ2v) is 3.75. The zero-order valence-electron chi connectivity index (χ0n) is 4.88. The Hall–Kier alpha value is -0.110. The molecule has 2 aliphatic carbocycles. The fourth-order valence-electron chi connectivity index (χ4n) is 1.57. The maximum absolute atomic E-state index is 11.0. The van der Waals surface area contributed by atoms with Gasteiger partial charge in [0.1, 0.15) is 5.78 Å². The molecule has 0 aromatic rings. The molecule has 0 N–H and O–H groups in total. The number of alkyl halides is 1. The summed E-state index contributed by atoms with van der Waals surface area (Å²) in [6.45, 7) is 0. The van der Waals surface area contributed by atoms with Gasteiger partial charge >= 0.3 is 0 Å². The Kier molecular flexibility index (Phi) is 1.06. The molecule has 0 saturated heterocycles. The lowest BCUT2D eigenvalue weighted by Gasteiger charge is -2.01. The van der Waals surface area contributed by atoms with Crippen molar-refractivity contribution in [1.82, 2.24) is 0 Å². The third-order valence-corrected chi connectivity index (χ3v) is 3.38. The number of halogens is 1. The summed E-state index contributed by atoms with van der Waals surface area (Å²) in [5.41, 5.74) is 0. The first-order chi connectivity index (χ1) is 4.29. The van der Waals surface area contributed by atoms with Gasteiger partial charge in [-0.05, 0) is 5.92 Å². The van der Waals surface area contributed by atoms with Gasteiger partial charge in [0.2, 0.25) is 0 Å². The van der Waals surface area contributed by atoms with E-state index in [2.05, 4.69) is 22.0 Å². The molecule has 9 heavy (non-hydrogen) atoms. The SMILES string of the molecule is O=C1CC2C=CC1C2Br. The molecule has 0 aromatic heterocycles. The number of Topliss-reactive ketones (excluding diaryl/α,β-unsaturated/α-hetero) is 1. The normalized spacial score (nSPS) is 46.8. The van der Waals surface area contributed by atoms with Crippen molar-refractivity contribution in [2.24, 2.45) is 11.8 Å². The molecule has 2 rings (SSSR count). The molecule has 1 saturated carbocycles. The standard InChI is InChI=1S/C7H7BrO/c8-7-4-1-2-5(7)6(9)3-4/h1-2,4-5,7H,3H2. The van der Waals surface area contributed by atoms with Gasteiger partial charge in [-0.25, -0.2) is 0 Å². The van der Waals surface area contributed by atoms with E-state index in [0.717, 1.165) is 6.42 Å². The van der Waals surface area contributed by atoms with E-state index in [1.807, 2.05) is 6.08 Å². The largest absolute Gasteiger partial charge is 0.299 e. The molecule has 2 bridgehead atoms. The van der Waals surface area contributed by atoms with Crippen molar-refractivity contribution in [3.63, 3.8) is 0 Å². The number of allylic oxidation sites excluding steroid dienone is 2. The zero-order valence-corrected chi connectivity index (χ0v) is 6.47. The maximum Gasteiger partial charge on any atom is 0.141 e.